The number of nitrogens with zero attached hydrogens (tertiary/aromatic N) is 2. The van der Waals surface area contributed by atoms with Gasteiger partial charge in [0.2, 0.25) is 0 Å². The summed E-state index contributed by atoms with van der Waals surface area (Å²) in [6.45, 7) is 6.45. The molecule has 1 aliphatic heterocycles. The fourth-order valence-electron chi connectivity index (χ4n) is 2.24. The molecule has 1 saturated heterocycles. The molecule has 2 heterocycles. The molecule has 0 aliphatic carbocycles. The lowest BCUT2D eigenvalue weighted by Gasteiger charge is -2.28. The van der Waals surface area contributed by atoms with Gasteiger partial charge in [-0.1, -0.05) is 0 Å². The second-order valence-electron chi connectivity index (χ2n) is 5.71. The van der Waals surface area contributed by atoms with Crippen LogP contribution in [-0.2, 0) is 11.2 Å². The minimum Gasteiger partial charge on any atom is -0.444 e. The molecule has 5 heteroatoms. The van der Waals surface area contributed by atoms with Crippen LogP contribution >= 0.6 is 0 Å². The first-order valence-electron chi connectivity index (χ1n) is 6.43. The summed E-state index contributed by atoms with van der Waals surface area (Å²) in [5.74, 6) is 0.926. The third-order valence-electron chi connectivity index (χ3n) is 2.99. The van der Waals surface area contributed by atoms with Crippen molar-refractivity contribution in [2.75, 3.05) is 6.54 Å². The van der Waals surface area contributed by atoms with E-state index >= 15 is 0 Å². The predicted octanol–water partition coefficient (Wildman–Crippen LogP) is 2.35. The van der Waals surface area contributed by atoms with E-state index < -0.39 is 5.60 Å². The Morgan fingerprint density at radius 2 is 2.39 bits per heavy atom. The smallest absolute Gasteiger partial charge is 0.410 e. The monoisotopic (exact) mass is 251 g/mol. The van der Waals surface area contributed by atoms with E-state index in [2.05, 4.69) is 9.97 Å². The van der Waals surface area contributed by atoms with E-state index in [1.54, 1.807) is 6.20 Å². The van der Waals surface area contributed by atoms with Crippen molar-refractivity contribution in [2.24, 2.45) is 0 Å². The van der Waals surface area contributed by atoms with E-state index in [4.69, 9.17) is 4.74 Å². The molecule has 1 atom stereocenters. The van der Waals surface area contributed by atoms with Gasteiger partial charge in [0.15, 0.2) is 0 Å². The third-order valence-corrected chi connectivity index (χ3v) is 2.99. The van der Waals surface area contributed by atoms with Gasteiger partial charge < -0.3 is 14.6 Å². The van der Waals surface area contributed by atoms with Gasteiger partial charge in [0, 0.05) is 31.4 Å². The predicted molar refractivity (Wildman–Crippen MR) is 68.3 cm³/mol. The molecular formula is C13H21N3O2. The van der Waals surface area contributed by atoms with E-state index in [0.29, 0.717) is 0 Å². The molecule has 1 amide bonds. The van der Waals surface area contributed by atoms with Crippen LogP contribution in [0.25, 0.3) is 0 Å². The molecule has 2 rings (SSSR count). The van der Waals surface area contributed by atoms with E-state index in [1.165, 1.54) is 0 Å². The van der Waals surface area contributed by atoms with Crippen LogP contribution in [0.5, 0.6) is 0 Å². The van der Waals surface area contributed by atoms with Crippen molar-refractivity contribution in [3.63, 3.8) is 0 Å². The first kappa shape index (κ1) is 12.9. The van der Waals surface area contributed by atoms with E-state index in [0.717, 1.165) is 31.6 Å². The molecule has 0 bridgehead atoms. The normalized spacial score (nSPS) is 20.2. The summed E-state index contributed by atoms with van der Waals surface area (Å²) in [6.07, 6.45) is 6.15. The summed E-state index contributed by atoms with van der Waals surface area (Å²) in [5, 5.41) is 0. The van der Waals surface area contributed by atoms with Crippen molar-refractivity contribution in [3.8, 4) is 0 Å². The quantitative estimate of drug-likeness (QED) is 0.877. The zero-order valence-corrected chi connectivity index (χ0v) is 11.3. The summed E-state index contributed by atoms with van der Waals surface area (Å²) in [5.41, 5.74) is -0.436. The Morgan fingerprint density at radius 3 is 3.00 bits per heavy atom. The first-order chi connectivity index (χ1) is 8.46. The highest BCUT2D eigenvalue weighted by atomic mass is 16.6. The Bertz CT molecular complexity index is 395. The van der Waals surface area contributed by atoms with Gasteiger partial charge in [0.1, 0.15) is 11.4 Å². The maximum atomic E-state index is 12.1. The number of ether oxygens (including phenoxy) is 1. The Labute approximate surface area is 108 Å². The fraction of sp³-hybridized carbons (Fsp3) is 0.692. The summed E-state index contributed by atoms with van der Waals surface area (Å²) < 4.78 is 5.43. The standard InChI is InChI=1S/C13H21N3O2/c1-13(2,3)18-12(17)16-8-4-5-10(16)9-11-14-6-7-15-11/h6-7,10H,4-5,8-9H2,1-3H3,(H,14,15)/t10-/m0/s1. The maximum absolute atomic E-state index is 12.1. The molecule has 1 aromatic rings. The van der Waals surface area contributed by atoms with Gasteiger partial charge in [-0.25, -0.2) is 9.78 Å². The van der Waals surface area contributed by atoms with Gasteiger partial charge in [0.25, 0.3) is 0 Å². The number of aromatic amines is 1. The van der Waals surface area contributed by atoms with E-state index in [-0.39, 0.29) is 12.1 Å². The van der Waals surface area contributed by atoms with Crippen LogP contribution in [0.2, 0.25) is 0 Å². The number of amides is 1. The lowest BCUT2D eigenvalue weighted by Crippen LogP contribution is -2.40. The largest absolute Gasteiger partial charge is 0.444 e. The van der Waals surface area contributed by atoms with Gasteiger partial charge in [-0.3, -0.25) is 0 Å². The van der Waals surface area contributed by atoms with Crippen LogP contribution in [0, 0.1) is 0 Å². The molecule has 18 heavy (non-hydrogen) atoms. The molecule has 1 fully saturated rings. The number of nitrogens with one attached hydrogen (secondary N) is 1. The number of aromatic nitrogens is 2. The minimum atomic E-state index is -0.436. The van der Waals surface area contributed by atoms with Crippen LogP contribution < -0.4 is 0 Å². The molecular weight excluding hydrogens is 230 g/mol. The highest BCUT2D eigenvalue weighted by molar-refractivity contribution is 5.69. The average Bonchev–Trinajstić information content (AvgIpc) is 2.86. The van der Waals surface area contributed by atoms with Gasteiger partial charge in [0.05, 0.1) is 0 Å². The number of hydrogen-bond donors (Lipinski definition) is 1. The zero-order valence-electron chi connectivity index (χ0n) is 11.3. The van der Waals surface area contributed by atoms with Crippen molar-refractivity contribution < 1.29 is 9.53 Å². The molecule has 0 saturated carbocycles. The van der Waals surface area contributed by atoms with Crippen molar-refractivity contribution in [3.05, 3.63) is 18.2 Å². The summed E-state index contributed by atoms with van der Waals surface area (Å²) in [4.78, 5) is 21.2. The first-order valence-corrected chi connectivity index (χ1v) is 6.43. The number of likely N-dealkylation sites (tertiary alicyclic amines) is 1. The van der Waals surface area contributed by atoms with Crippen LogP contribution in [0.15, 0.2) is 12.4 Å². The number of hydrogen-bond acceptors (Lipinski definition) is 3. The zero-order chi connectivity index (χ0) is 13.2. The SMILES string of the molecule is CC(C)(C)OC(=O)N1CCC[C@H]1Cc1ncc[nH]1. The van der Waals surface area contributed by atoms with Crippen molar-refractivity contribution in [1.82, 2.24) is 14.9 Å². The summed E-state index contributed by atoms with van der Waals surface area (Å²) in [6, 6.07) is 0.200. The Hall–Kier alpha value is -1.52. The third kappa shape index (κ3) is 3.24. The van der Waals surface area contributed by atoms with Crippen LogP contribution in [0.3, 0.4) is 0 Å². The molecule has 0 unspecified atom stereocenters. The molecule has 0 aromatic carbocycles. The lowest BCUT2D eigenvalue weighted by molar-refractivity contribution is 0.0226. The molecule has 5 nitrogen and oxygen atoms in total. The second-order valence-corrected chi connectivity index (χ2v) is 5.71. The van der Waals surface area contributed by atoms with Crippen LogP contribution in [0.4, 0.5) is 4.79 Å². The fourth-order valence-corrected chi connectivity index (χ4v) is 2.24. The average molecular weight is 251 g/mol. The lowest BCUT2D eigenvalue weighted by atomic mass is 10.1. The number of carbonyl (C=O) groups excluding carboxylic acids is 1. The van der Waals surface area contributed by atoms with E-state index in [1.807, 2.05) is 31.9 Å². The number of carbonyl (C=O) groups is 1. The van der Waals surface area contributed by atoms with Gasteiger partial charge in [-0.2, -0.15) is 0 Å². The summed E-state index contributed by atoms with van der Waals surface area (Å²) in [7, 11) is 0. The maximum Gasteiger partial charge on any atom is 0.410 e. The van der Waals surface area contributed by atoms with Gasteiger partial charge in [-0.15, -0.1) is 0 Å². The molecule has 100 valence electrons. The van der Waals surface area contributed by atoms with Gasteiger partial charge in [-0.05, 0) is 33.6 Å². The molecule has 0 spiro atoms. The molecule has 1 aromatic heterocycles. The Balaban J connectivity index is 1.97. The highest BCUT2D eigenvalue weighted by Crippen LogP contribution is 2.22. The Morgan fingerprint density at radius 1 is 1.61 bits per heavy atom. The summed E-state index contributed by atoms with van der Waals surface area (Å²) >= 11 is 0. The van der Waals surface area contributed by atoms with Crippen LogP contribution in [-0.4, -0.2) is 39.1 Å². The van der Waals surface area contributed by atoms with Crippen molar-refractivity contribution in [2.45, 2.75) is 51.7 Å². The number of rotatable bonds is 2. The minimum absolute atomic E-state index is 0.200. The van der Waals surface area contributed by atoms with Crippen molar-refractivity contribution >= 4 is 6.09 Å². The number of H-pyrrole nitrogens is 1. The number of imidazole rings is 1. The van der Waals surface area contributed by atoms with Crippen LogP contribution in [0.1, 0.15) is 39.4 Å². The second kappa shape index (κ2) is 5.00. The highest BCUT2D eigenvalue weighted by Gasteiger charge is 2.32. The van der Waals surface area contributed by atoms with E-state index in [9.17, 15) is 4.79 Å². The molecule has 0 radical (unpaired) electrons. The molecule has 1 aliphatic rings. The molecule has 1 N–H and O–H groups in total. The topological polar surface area (TPSA) is 58.2 Å². The van der Waals surface area contributed by atoms with Crippen molar-refractivity contribution in [1.29, 1.82) is 0 Å². The van der Waals surface area contributed by atoms with Gasteiger partial charge >= 0.3 is 6.09 Å². The Kier molecular flexibility index (Phi) is 3.59.